The first kappa shape index (κ1) is 24.1. The first-order valence-corrected chi connectivity index (χ1v) is 12.2. The van der Waals surface area contributed by atoms with Crippen LogP contribution in [0.5, 0.6) is 5.75 Å². The lowest BCUT2D eigenvalue weighted by molar-refractivity contribution is -0.127. The molecule has 3 rings (SSSR count). The minimum atomic E-state index is -0.150. The molecule has 2 aromatic rings. The number of rotatable bonds is 10. The van der Waals surface area contributed by atoms with Crippen LogP contribution in [0.15, 0.2) is 55.1 Å². The monoisotopic (exact) mass is 433 g/mol. The van der Waals surface area contributed by atoms with Crippen LogP contribution in [0.1, 0.15) is 75.3 Å². The van der Waals surface area contributed by atoms with Crippen molar-refractivity contribution in [3.05, 3.63) is 66.2 Å². The summed E-state index contributed by atoms with van der Waals surface area (Å²) in [6.45, 7) is 8.10. The van der Waals surface area contributed by atoms with E-state index in [4.69, 9.17) is 4.74 Å². The lowest BCUT2D eigenvalue weighted by Gasteiger charge is -2.29. The molecule has 32 heavy (non-hydrogen) atoms. The third-order valence-corrected chi connectivity index (χ3v) is 6.93. The van der Waals surface area contributed by atoms with E-state index >= 15 is 0 Å². The van der Waals surface area contributed by atoms with Gasteiger partial charge in [-0.25, -0.2) is 0 Å². The minimum absolute atomic E-state index is 0.150. The number of ether oxygens (including phenoxy) is 1. The zero-order valence-electron chi connectivity index (χ0n) is 20.1. The largest absolute Gasteiger partial charge is 0.473 e. The Hall–Kier alpha value is -2.55. The summed E-state index contributed by atoms with van der Waals surface area (Å²) in [6.07, 6.45) is 12.3. The van der Waals surface area contributed by atoms with E-state index in [0.717, 1.165) is 17.6 Å². The minimum Gasteiger partial charge on any atom is -0.473 e. The third-order valence-electron chi connectivity index (χ3n) is 6.93. The lowest BCUT2D eigenvalue weighted by Crippen LogP contribution is -2.28. The van der Waals surface area contributed by atoms with Crippen molar-refractivity contribution in [1.82, 2.24) is 4.90 Å². The van der Waals surface area contributed by atoms with E-state index in [2.05, 4.69) is 50.8 Å². The number of hydrogen-bond acceptors (Lipinski definition) is 2. The molecular weight excluding hydrogens is 394 g/mol. The molecule has 0 N–H and O–H groups in total. The molecule has 0 bridgehead atoms. The Morgan fingerprint density at radius 1 is 1.09 bits per heavy atom. The first-order chi connectivity index (χ1) is 15.5. The SMILES string of the molecule is C=CC(=O)N(C)COc1ccc(-c2ccc(C3CCC(CCCCC)CC3)cc2)c(C)c1. The second-order valence-electron chi connectivity index (χ2n) is 9.33. The van der Waals surface area contributed by atoms with Crippen LogP contribution in [0.3, 0.4) is 0 Å². The Balaban J connectivity index is 1.56. The van der Waals surface area contributed by atoms with Gasteiger partial charge in [0.15, 0.2) is 6.73 Å². The molecule has 0 radical (unpaired) electrons. The van der Waals surface area contributed by atoms with Crippen molar-refractivity contribution in [3.8, 4) is 16.9 Å². The van der Waals surface area contributed by atoms with Crippen molar-refractivity contribution in [3.63, 3.8) is 0 Å². The molecule has 2 aromatic carbocycles. The van der Waals surface area contributed by atoms with E-state index in [-0.39, 0.29) is 12.6 Å². The topological polar surface area (TPSA) is 29.5 Å². The summed E-state index contributed by atoms with van der Waals surface area (Å²) in [5, 5.41) is 0. The summed E-state index contributed by atoms with van der Waals surface area (Å²) in [6, 6.07) is 15.3. The molecule has 0 heterocycles. The van der Waals surface area contributed by atoms with Crippen molar-refractivity contribution in [2.75, 3.05) is 13.8 Å². The number of amides is 1. The molecular formula is C29H39NO2. The third kappa shape index (κ3) is 6.48. The van der Waals surface area contributed by atoms with Crippen molar-refractivity contribution in [1.29, 1.82) is 0 Å². The van der Waals surface area contributed by atoms with E-state index < -0.39 is 0 Å². The average molecular weight is 434 g/mol. The lowest BCUT2D eigenvalue weighted by atomic mass is 9.77. The highest BCUT2D eigenvalue weighted by molar-refractivity contribution is 5.86. The van der Waals surface area contributed by atoms with Gasteiger partial charge < -0.3 is 9.64 Å². The van der Waals surface area contributed by atoms with Gasteiger partial charge in [0.25, 0.3) is 0 Å². The molecule has 1 fully saturated rings. The number of carbonyl (C=O) groups is 1. The highest BCUT2D eigenvalue weighted by Crippen LogP contribution is 2.38. The van der Waals surface area contributed by atoms with Crippen LogP contribution in [0.2, 0.25) is 0 Å². The fourth-order valence-corrected chi connectivity index (χ4v) is 4.84. The maximum Gasteiger partial charge on any atom is 0.248 e. The van der Waals surface area contributed by atoms with Crippen molar-refractivity contribution < 1.29 is 9.53 Å². The molecule has 1 aliphatic carbocycles. The second-order valence-corrected chi connectivity index (χ2v) is 9.33. The van der Waals surface area contributed by atoms with E-state index in [1.165, 1.54) is 84.6 Å². The van der Waals surface area contributed by atoms with Gasteiger partial charge in [0.2, 0.25) is 5.91 Å². The van der Waals surface area contributed by atoms with Crippen LogP contribution in [0, 0.1) is 12.8 Å². The van der Waals surface area contributed by atoms with E-state index in [1.807, 2.05) is 12.1 Å². The van der Waals surface area contributed by atoms with Gasteiger partial charge in [-0.2, -0.15) is 0 Å². The number of likely N-dealkylation sites (N-methyl/N-ethyl adjacent to an activating group) is 1. The number of nitrogens with zero attached hydrogens (tertiary/aromatic N) is 1. The van der Waals surface area contributed by atoms with E-state index in [9.17, 15) is 4.79 Å². The molecule has 0 aliphatic heterocycles. The maximum absolute atomic E-state index is 11.6. The average Bonchev–Trinajstić information content (AvgIpc) is 2.83. The maximum atomic E-state index is 11.6. The quantitative estimate of drug-likeness (QED) is 0.221. The van der Waals surface area contributed by atoms with Gasteiger partial charge in [-0.05, 0) is 84.9 Å². The Morgan fingerprint density at radius 2 is 1.81 bits per heavy atom. The molecule has 3 nitrogen and oxygen atoms in total. The van der Waals surface area contributed by atoms with Gasteiger partial charge in [-0.3, -0.25) is 4.79 Å². The summed E-state index contributed by atoms with van der Waals surface area (Å²) in [4.78, 5) is 13.1. The standard InChI is InChI=1S/C29H39NO2/c1-5-7-8-9-23-10-12-24(13-11-23)25-14-16-26(17-15-25)28-19-18-27(20-22(28)3)32-21-30(4)29(31)6-2/h6,14-20,23-24H,2,5,7-13,21H2,1,3-4H3. The predicted molar refractivity (Wildman–Crippen MR) is 134 cm³/mol. The molecule has 1 saturated carbocycles. The zero-order chi connectivity index (χ0) is 22.9. The van der Waals surface area contributed by atoms with Gasteiger partial charge in [0.05, 0.1) is 0 Å². The summed E-state index contributed by atoms with van der Waals surface area (Å²) >= 11 is 0. The van der Waals surface area contributed by atoms with Crippen LogP contribution in [0.4, 0.5) is 0 Å². The van der Waals surface area contributed by atoms with Gasteiger partial charge in [-0.15, -0.1) is 0 Å². The predicted octanol–water partition coefficient (Wildman–Crippen LogP) is 7.50. The second kappa shape index (κ2) is 11.9. The van der Waals surface area contributed by atoms with Crippen LogP contribution >= 0.6 is 0 Å². The van der Waals surface area contributed by atoms with Gasteiger partial charge in [0, 0.05) is 7.05 Å². The molecule has 1 amide bonds. The van der Waals surface area contributed by atoms with Crippen molar-refractivity contribution in [2.24, 2.45) is 5.92 Å². The number of carbonyl (C=O) groups excluding carboxylic acids is 1. The van der Waals surface area contributed by atoms with Gasteiger partial charge in [-0.1, -0.05) is 69.5 Å². The van der Waals surface area contributed by atoms with Crippen LogP contribution < -0.4 is 4.74 Å². The zero-order valence-corrected chi connectivity index (χ0v) is 20.1. The molecule has 0 atom stereocenters. The number of hydrogen-bond donors (Lipinski definition) is 0. The van der Waals surface area contributed by atoms with Gasteiger partial charge in [0.1, 0.15) is 5.75 Å². The molecule has 3 heteroatoms. The molecule has 1 aliphatic rings. The molecule has 0 spiro atoms. The summed E-state index contributed by atoms with van der Waals surface area (Å²) in [5.41, 5.74) is 5.12. The molecule has 0 saturated heterocycles. The summed E-state index contributed by atoms with van der Waals surface area (Å²) in [5.74, 6) is 2.29. The van der Waals surface area contributed by atoms with Crippen molar-refractivity contribution >= 4 is 5.91 Å². The fraction of sp³-hybridized carbons (Fsp3) is 0.483. The van der Waals surface area contributed by atoms with Crippen LogP contribution in [-0.2, 0) is 4.79 Å². The van der Waals surface area contributed by atoms with Crippen LogP contribution in [0.25, 0.3) is 11.1 Å². The van der Waals surface area contributed by atoms with Crippen molar-refractivity contribution in [2.45, 2.75) is 71.1 Å². The van der Waals surface area contributed by atoms with E-state index in [1.54, 1.807) is 7.05 Å². The molecule has 172 valence electrons. The Bertz CT molecular complexity index is 879. The number of benzene rings is 2. The number of aryl methyl sites for hydroxylation is 1. The smallest absolute Gasteiger partial charge is 0.248 e. The highest BCUT2D eigenvalue weighted by Gasteiger charge is 2.22. The Morgan fingerprint density at radius 3 is 2.44 bits per heavy atom. The fourth-order valence-electron chi connectivity index (χ4n) is 4.84. The normalized spacial score (nSPS) is 18.2. The number of unbranched alkanes of at least 4 members (excludes halogenated alkanes) is 2. The molecule has 0 aromatic heterocycles. The van der Waals surface area contributed by atoms with Gasteiger partial charge >= 0.3 is 0 Å². The Labute approximate surface area is 194 Å². The molecule has 0 unspecified atom stereocenters. The Kier molecular flexibility index (Phi) is 8.96. The van der Waals surface area contributed by atoms with E-state index in [0.29, 0.717) is 0 Å². The summed E-state index contributed by atoms with van der Waals surface area (Å²) < 4.78 is 5.76. The highest BCUT2D eigenvalue weighted by atomic mass is 16.5. The first-order valence-electron chi connectivity index (χ1n) is 12.2. The van der Waals surface area contributed by atoms with Crippen LogP contribution in [-0.4, -0.2) is 24.6 Å². The summed E-state index contributed by atoms with van der Waals surface area (Å²) in [7, 11) is 1.70.